The zero-order valence-corrected chi connectivity index (χ0v) is 26.5. The molecule has 2 N–H and O–H groups in total. The molecule has 1 aromatic heterocycles. The minimum atomic E-state index is -1.03. The first-order chi connectivity index (χ1) is 21.2. The second-order valence-corrected chi connectivity index (χ2v) is 12.1. The molecule has 8 nitrogen and oxygen atoms in total. The first-order valence-corrected chi connectivity index (χ1v) is 15.5. The molecule has 3 aromatic carbocycles. The van der Waals surface area contributed by atoms with E-state index in [4.69, 9.17) is 13.9 Å². The number of esters is 1. The van der Waals surface area contributed by atoms with Crippen LogP contribution in [-0.4, -0.2) is 41.0 Å². The predicted octanol–water partition coefficient (Wildman–Crippen LogP) is 7.42. The summed E-state index contributed by atoms with van der Waals surface area (Å²) in [5.41, 5.74) is 4.31. The number of nitrogens with zero attached hydrogens (tertiary/aromatic N) is 2. The third-order valence-electron chi connectivity index (χ3n) is 7.62. The van der Waals surface area contributed by atoms with Gasteiger partial charge in [0.25, 0.3) is 0 Å². The Kier molecular flexibility index (Phi) is 11.7. The minimum absolute atomic E-state index is 0.00808. The van der Waals surface area contributed by atoms with E-state index in [0.717, 1.165) is 34.4 Å². The minimum Gasteiger partial charge on any atom is -0.494 e. The smallest absolute Gasteiger partial charge is 0.323 e. The molecule has 44 heavy (non-hydrogen) atoms. The van der Waals surface area contributed by atoms with Crippen LogP contribution in [0.2, 0.25) is 0 Å². The molecule has 234 valence electrons. The molecule has 4 rings (SSSR count). The average Bonchev–Trinajstić information content (AvgIpc) is 3.53. The average molecular weight is 600 g/mol. The highest BCUT2D eigenvalue weighted by atomic mass is 16.5. The van der Waals surface area contributed by atoms with E-state index in [1.54, 1.807) is 0 Å². The molecular weight excluding hydrogens is 554 g/mol. The lowest BCUT2D eigenvalue weighted by Gasteiger charge is -2.23. The van der Waals surface area contributed by atoms with Crippen LogP contribution in [0, 0.1) is 0 Å². The van der Waals surface area contributed by atoms with Gasteiger partial charge >= 0.3 is 5.97 Å². The third-order valence-corrected chi connectivity index (χ3v) is 7.62. The summed E-state index contributed by atoms with van der Waals surface area (Å²) in [6.45, 7) is 9.34. The van der Waals surface area contributed by atoms with Gasteiger partial charge in [0.15, 0.2) is 0 Å². The molecule has 0 aliphatic carbocycles. The van der Waals surface area contributed by atoms with Crippen LogP contribution in [0.3, 0.4) is 0 Å². The molecule has 0 spiro atoms. The van der Waals surface area contributed by atoms with Crippen LogP contribution in [0.1, 0.15) is 82.7 Å². The van der Waals surface area contributed by atoms with Crippen molar-refractivity contribution >= 4 is 5.97 Å². The topological polar surface area (TPSA) is 107 Å². The lowest BCUT2D eigenvalue weighted by molar-refractivity contribution is -0.144. The van der Waals surface area contributed by atoms with Crippen molar-refractivity contribution in [2.45, 2.75) is 83.9 Å². The van der Waals surface area contributed by atoms with E-state index in [1.807, 2.05) is 72.8 Å². The Morgan fingerprint density at radius 3 is 2.02 bits per heavy atom. The number of benzene rings is 3. The number of aliphatic hydroxyl groups is 1. The number of methoxy groups -OCH3 is 1. The second kappa shape index (κ2) is 15.6. The Balaban J connectivity index is 1.35. The van der Waals surface area contributed by atoms with Crippen molar-refractivity contribution in [2.24, 2.45) is 0 Å². The number of hydrogen-bond acceptors (Lipinski definition) is 8. The fraction of sp³-hybridized carbons (Fsp3) is 0.417. The van der Waals surface area contributed by atoms with E-state index in [2.05, 4.69) is 43.2 Å². The van der Waals surface area contributed by atoms with Gasteiger partial charge in [-0.25, -0.2) is 0 Å². The number of ether oxygens (including phenoxy) is 2. The summed E-state index contributed by atoms with van der Waals surface area (Å²) in [5, 5.41) is 22.3. The first-order valence-electron chi connectivity index (χ1n) is 15.5. The van der Waals surface area contributed by atoms with Crippen LogP contribution < -0.4 is 10.1 Å². The summed E-state index contributed by atoms with van der Waals surface area (Å²) >= 11 is 0. The number of aliphatic hydroxyl groups excluding tert-OH is 1. The third kappa shape index (κ3) is 9.24. The van der Waals surface area contributed by atoms with Crippen molar-refractivity contribution in [1.29, 1.82) is 0 Å². The zero-order valence-electron chi connectivity index (χ0n) is 26.5. The highest BCUT2D eigenvalue weighted by Crippen LogP contribution is 2.27. The molecule has 0 amide bonds. The maximum atomic E-state index is 12.6. The number of hydrogen-bond donors (Lipinski definition) is 2. The molecule has 0 aliphatic rings. The van der Waals surface area contributed by atoms with Crippen LogP contribution in [0.4, 0.5) is 0 Å². The van der Waals surface area contributed by atoms with Crippen molar-refractivity contribution in [1.82, 2.24) is 15.5 Å². The molecule has 0 radical (unpaired) electrons. The Bertz CT molecular complexity index is 1440. The highest BCUT2D eigenvalue weighted by molar-refractivity contribution is 5.76. The van der Waals surface area contributed by atoms with Crippen LogP contribution in [0.25, 0.3) is 22.9 Å². The van der Waals surface area contributed by atoms with E-state index >= 15 is 0 Å². The molecule has 0 saturated carbocycles. The number of unbranched alkanes of at least 4 members (excludes halogenated alkanes) is 4. The Morgan fingerprint density at radius 2 is 1.45 bits per heavy atom. The Labute approximate surface area is 260 Å². The van der Waals surface area contributed by atoms with Gasteiger partial charge in [-0.3, -0.25) is 10.1 Å². The zero-order chi connectivity index (χ0) is 31.5. The van der Waals surface area contributed by atoms with E-state index in [-0.39, 0.29) is 5.41 Å². The van der Waals surface area contributed by atoms with Crippen LogP contribution in [0.15, 0.2) is 77.2 Å². The highest BCUT2D eigenvalue weighted by Gasteiger charge is 2.24. The monoisotopic (exact) mass is 599 g/mol. The van der Waals surface area contributed by atoms with Crippen molar-refractivity contribution < 1.29 is 23.8 Å². The molecule has 4 aromatic rings. The van der Waals surface area contributed by atoms with Gasteiger partial charge in [0.05, 0.1) is 13.7 Å². The summed E-state index contributed by atoms with van der Waals surface area (Å²) in [7, 11) is 1.34. The summed E-state index contributed by atoms with van der Waals surface area (Å²) in [6.07, 6.45) is 5.31. The summed E-state index contributed by atoms with van der Waals surface area (Å²) in [4.78, 5) is 12.6. The van der Waals surface area contributed by atoms with Crippen LogP contribution in [-0.2, 0) is 21.4 Å². The van der Waals surface area contributed by atoms with Crippen molar-refractivity contribution in [3.63, 3.8) is 0 Å². The summed E-state index contributed by atoms with van der Waals surface area (Å²) in [5.74, 6) is 1.19. The van der Waals surface area contributed by atoms with Crippen molar-refractivity contribution in [2.75, 3.05) is 13.7 Å². The van der Waals surface area contributed by atoms with E-state index in [0.29, 0.717) is 30.4 Å². The molecule has 1 unspecified atom stereocenters. The Hall–Kier alpha value is -4.01. The number of carbonyl (C=O) groups is 1. The van der Waals surface area contributed by atoms with Crippen LogP contribution in [0.5, 0.6) is 5.75 Å². The molecular formula is C36H45N3O5. The SMILES string of the molecule is CCCCCCCOc1ccc(-c2nnc(-c3ccc(C[C@H](NC(O)c4ccc(C(C)(C)C)cc4)C(=O)OC)cc3)o2)cc1. The second-order valence-electron chi connectivity index (χ2n) is 12.1. The first kappa shape index (κ1) is 32.9. The van der Waals surface area contributed by atoms with E-state index < -0.39 is 18.2 Å². The maximum absolute atomic E-state index is 12.6. The Morgan fingerprint density at radius 1 is 0.864 bits per heavy atom. The van der Waals surface area contributed by atoms with Gasteiger partial charge in [-0.15, -0.1) is 10.2 Å². The summed E-state index contributed by atoms with van der Waals surface area (Å²) in [6, 6.07) is 22.2. The van der Waals surface area contributed by atoms with Gasteiger partial charge in [-0.1, -0.05) is 89.8 Å². The molecule has 8 heteroatoms. The fourth-order valence-electron chi connectivity index (χ4n) is 4.87. The number of rotatable bonds is 15. The number of aromatic nitrogens is 2. The van der Waals surface area contributed by atoms with Gasteiger partial charge in [-0.2, -0.15) is 0 Å². The van der Waals surface area contributed by atoms with Crippen LogP contribution >= 0.6 is 0 Å². The molecule has 1 heterocycles. The standard InChI is InChI=1S/C36H45N3O5/c1-6-7-8-9-10-23-43-30-21-17-28(18-22-30)34-39-38-33(44-34)27-13-11-25(12-14-27)24-31(35(41)42-5)37-32(40)26-15-19-29(20-16-26)36(2,3)4/h11-22,31-32,37,40H,6-10,23-24H2,1-5H3/t31-,32?/m0/s1. The lowest BCUT2D eigenvalue weighted by Crippen LogP contribution is -2.41. The normalized spacial score (nSPS) is 13.0. The van der Waals surface area contributed by atoms with E-state index in [9.17, 15) is 9.90 Å². The van der Waals surface area contributed by atoms with Crippen molar-refractivity contribution in [3.8, 4) is 28.7 Å². The van der Waals surface area contributed by atoms with Gasteiger partial charge in [0.2, 0.25) is 11.8 Å². The predicted molar refractivity (Wildman–Crippen MR) is 172 cm³/mol. The molecule has 0 aliphatic heterocycles. The largest absolute Gasteiger partial charge is 0.494 e. The number of carbonyl (C=O) groups excluding carboxylic acids is 1. The van der Waals surface area contributed by atoms with Gasteiger partial charge < -0.3 is 19.0 Å². The van der Waals surface area contributed by atoms with Crippen molar-refractivity contribution in [3.05, 3.63) is 89.5 Å². The lowest BCUT2D eigenvalue weighted by atomic mass is 9.86. The van der Waals surface area contributed by atoms with Gasteiger partial charge in [-0.05, 0) is 71.3 Å². The molecule has 0 bridgehead atoms. The molecule has 0 fully saturated rings. The van der Waals surface area contributed by atoms with E-state index in [1.165, 1.54) is 32.8 Å². The maximum Gasteiger partial charge on any atom is 0.323 e. The quantitative estimate of drug-likeness (QED) is 0.0826. The summed E-state index contributed by atoms with van der Waals surface area (Å²) < 4.78 is 16.8. The van der Waals surface area contributed by atoms with Gasteiger partial charge in [0.1, 0.15) is 18.0 Å². The number of nitrogens with one attached hydrogen (secondary N) is 1. The fourth-order valence-corrected chi connectivity index (χ4v) is 4.87. The molecule has 2 atom stereocenters. The molecule has 0 saturated heterocycles. The van der Waals surface area contributed by atoms with Gasteiger partial charge in [0, 0.05) is 11.1 Å².